The van der Waals surface area contributed by atoms with E-state index in [1.807, 2.05) is 12.1 Å². The molecule has 0 atom stereocenters. The highest BCUT2D eigenvalue weighted by molar-refractivity contribution is 5.75. The maximum Gasteiger partial charge on any atom is 0.314 e. The van der Waals surface area contributed by atoms with Crippen molar-refractivity contribution >= 4 is 5.97 Å². The average Bonchev–Trinajstić information content (AvgIpc) is 2.80. The Bertz CT molecular complexity index is 592. The summed E-state index contributed by atoms with van der Waals surface area (Å²) in [4.78, 5) is 12.6. The fourth-order valence-corrected chi connectivity index (χ4v) is 5.52. The molecule has 0 heterocycles. The van der Waals surface area contributed by atoms with Crippen LogP contribution in [0.3, 0.4) is 0 Å². The molecule has 0 saturated heterocycles. The Balaban J connectivity index is 1.31. The van der Waals surface area contributed by atoms with Gasteiger partial charge in [0.15, 0.2) is 0 Å². The van der Waals surface area contributed by atoms with Gasteiger partial charge in [-0.3, -0.25) is 4.79 Å². The quantitative estimate of drug-likeness (QED) is 0.207. The number of carbonyl (C=O) groups is 1. The minimum atomic E-state index is -0.00482. The molecule has 2 aliphatic carbocycles. The van der Waals surface area contributed by atoms with E-state index in [0.717, 1.165) is 24.5 Å². The first-order valence-electron chi connectivity index (χ1n) is 13.1. The predicted octanol–water partition coefficient (Wildman–Crippen LogP) is 8.59. The highest BCUT2D eigenvalue weighted by Gasteiger charge is 2.27. The van der Waals surface area contributed by atoms with Crippen molar-refractivity contribution in [1.82, 2.24) is 0 Å². The number of ether oxygens (including phenoxy) is 1. The lowest BCUT2D eigenvalue weighted by Gasteiger charge is -2.27. The third kappa shape index (κ3) is 7.75. The summed E-state index contributed by atoms with van der Waals surface area (Å²) in [7, 11) is 0. The molecule has 0 N–H and O–H groups in total. The molecule has 0 bridgehead atoms. The van der Waals surface area contributed by atoms with Crippen LogP contribution >= 0.6 is 0 Å². The molecule has 0 radical (unpaired) electrons. The van der Waals surface area contributed by atoms with Gasteiger partial charge in [-0.05, 0) is 68.1 Å². The SMILES string of the molecule is CCCCCCCCCC1CCC(C(=O)Oc2ccc(C3CCCCC3)cc2)CC1. The maximum absolute atomic E-state index is 12.6. The van der Waals surface area contributed by atoms with E-state index in [-0.39, 0.29) is 11.9 Å². The molecule has 3 rings (SSSR count). The fourth-order valence-electron chi connectivity index (χ4n) is 5.52. The summed E-state index contributed by atoms with van der Waals surface area (Å²) in [6.45, 7) is 2.28. The summed E-state index contributed by atoms with van der Waals surface area (Å²) in [5.74, 6) is 2.36. The van der Waals surface area contributed by atoms with Crippen LogP contribution in [0.15, 0.2) is 24.3 Å². The summed E-state index contributed by atoms with van der Waals surface area (Å²) in [6, 6.07) is 8.37. The van der Waals surface area contributed by atoms with E-state index < -0.39 is 0 Å². The Morgan fingerprint density at radius 1 is 0.800 bits per heavy atom. The number of rotatable bonds is 11. The maximum atomic E-state index is 12.6. The second-order valence-electron chi connectivity index (χ2n) is 9.95. The molecule has 2 nitrogen and oxygen atoms in total. The minimum Gasteiger partial charge on any atom is -0.426 e. The van der Waals surface area contributed by atoms with Gasteiger partial charge in [-0.1, -0.05) is 89.7 Å². The van der Waals surface area contributed by atoms with Gasteiger partial charge in [-0.15, -0.1) is 0 Å². The van der Waals surface area contributed by atoms with E-state index in [1.165, 1.54) is 102 Å². The third-order valence-corrected chi connectivity index (χ3v) is 7.57. The minimum absolute atomic E-state index is 0.00482. The first-order chi connectivity index (χ1) is 14.8. The molecule has 0 spiro atoms. The molecule has 1 aromatic rings. The van der Waals surface area contributed by atoms with E-state index in [2.05, 4.69) is 19.1 Å². The number of unbranched alkanes of at least 4 members (excludes halogenated alkanes) is 6. The number of hydrogen-bond donors (Lipinski definition) is 0. The van der Waals surface area contributed by atoms with Gasteiger partial charge >= 0.3 is 5.97 Å². The average molecular weight is 413 g/mol. The van der Waals surface area contributed by atoms with Crippen LogP contribution in [-0.2, 0) is 4.79 Å². The van der Waals surface area contributed by atoms with E-state index >= 15 is 0 Å². The predicted molar refractivity (Wildman–Crippen MR) is 126 cm³/mol. The molecule has 30 heavy (non-hydrogen) atoms. The first kappa shape index (κ1) is 23.4. The first-order valence-corrected chi connectivity index (χ1v) is 13.1. The monoisotopic (exact) mass is 412 g/mol. The Morgan fingerprint density at radius 2 is 1.43 bits per heavy atom. The molecule has 0 amide bonds. The Labute approximate surface area is 185 Å². The second-order valence-corrected chi connectivity index (χ2v) is 9.95. The number of carbonyl (C=O) groups excluding carboxylic acids is 1. The van der Waals surface area contributed by atoms with Gasteiger partial charge in [0.25, 0.3) is 0 Å². The highest BCUT2D eigenvalue weighted by Crippen LogP contribution is 2.35. The van der Waals surface area contributed by atoms with E-state index in [9.17, 15) is 4.79 Å². The van der Waals surface area contributed by atoms with Crippen molar-refractivity contribution in [2.24, 2.45) is 11.8 Å². The van der Waals surface area contributed by atoms with Crippen molar-refractivity contribution in [3.8, 4) is 5.75 Å². The van der Waals surface area contributed by atoms with Gasteiger partial charge < -0.3 is 4.74 Å². The molecular weight excluding hydrogens is 368 g/mol. The van der Waals surface area contributed by atoms with Gasteiger partial charge in [0.05, 0.1) is 5.92 Å². The standard InChI is InChI=1S/C28H44O2/c1-2-3-4-5-6-7-9-12-23-15-17-26(18-16-23)28(29)30-27-21-19-25(20-22-27)24-13-10-8-11-14-24/h19-24,26H,2-18H2,1H3. The zero-order valence-electron chi connectivity index (χ0n) is 19.4. The lowest BCUT2D eigenvalue weighted by molar-refractivity contribution is -0.140. The fraction of sp³-hybridized carbons (Fsp3) is 0.750. The molecule has 0 aromatic heterocycles. The lowest BCUT2D eigenvalue weighted by Crippen LogP contribution is -2.25. The molecule has 2 fully saturated rings. The number of benzene rings is 1. The largest absolute Gasteiger partial charge is 0.426 e. The van der Waals surface area contributed by atoms with Gasteiger partial charge in [0.2, 0.25) is 0 Å². The highest BCUT2D eigenvalue weighted by atomic mass is 16.5. The Morgan fingerprint density at radius 3 is 2.10 bits per heavy atom. The summed E-state index contributed by atoms with van der Waals surface area (Å²) in [6.07, 6.45) is 22.2. The van der Waals surface area contributed by atoms with Crippen LogP contribution in [0.5, 0.6) is 5.75 Å². The summed E-state index contributed by atoms with van der Waals surface area (Å²) in [5, 5.41) is 0. The summed E-state index contributed by atoms with van der Waals surface area (Å²) < 4.78 is 5.74. The van der Waals surface area contributed by atoms with Crippen LogP contribution in [0.4, 0.5) is 0 Å². The van der Waals surface area contributed by atoms with Gasteiger partial charge in [0, 0.05) is 0 Å². The van der Waals surface area contributed by atoms with Crippen molar-refractivity contribution in [1.29, 1.82) is 0 Å². The van der Waals surface area contributed by atoms with Crippen LogP contribution < -0.4 is 4.74 Å². The molecule has 0 unspecified atom stereocenters. The van der Waals surface area contributed by atoms with Crippen molar-refractivity contribution < 1.29 is 9.53 Å². The zero-order valence-corrected chi connectivity index (χ0v) is 19.4. The Hall–Kier alpha value is -1.31. The summed E-state index contributed by atoms with van der Waals surface area (Å²) >= 11 is 0. The molecule has 2 saturated carbocycles. The van der Waals surface area contributed by atoms with Crippen LogP contribution in [0.2, 0.25) is 0 Å². The second kappa shape index (κ2) is 13.2. The van der Waals surface area contributed by atoms with Crippen LogP contribution in [0, 0.1) is 11.8 Å². The van der Waals surface area contributed by atoms with Crippen LogP contribution in [-0.4, -0.2) is 5.97 Å². The molecule has 2 aliphatic rings. The normalized spacial score (nSPS) is 22.7. The van der Waals surface area contributed by atoms with Crippen LogP contribution in [0.25, 0.3) is 0 Å². The van der Waals surface area contributed by atoms with Crippen LogP contribution in [0.1, 0.15) is 128 Å². The van der Waals surface area contributed by atoms with E-state index in [4.69, 9.17) is 4.74 Å². The van der Waals surface area contributed by atoms with Gasteiger partial charge in [-0.2, -0.15) is 0 Å². The summed E-state index contributed by atoms with van der Waals surface area (Å²) in [5.41, 5.74) is 1.42. The van der Waals surface area contributed by atoms with E-state index in [1.54, 1.807) is 0 Å². The van der Waals surface area contributed by atoms with Gasteiger partial charge in [0.1, 0.15) is 5.75 Å². The molecule has 2 heteroatoms. The molecule has 168 valence electrons. The number of hydrogen-bond acceptors (Lipinski definition) is 2. The molecular formula is C28H44O2. The van der Waals surface area contributed by atoms with Crippen molar-refractivity contribution in [2.75, 3.05) is 0 Å². The smallest absolute Gasteiger partial charge is 0.314 e. The molecule has 1 aromatic carbocycles. The topological polar surface area (TPSA) is 26.3 Å². The third-order valence-electron chi connectivity index (χ3n) is 7.57. The van der Waals surface area contributed by atoms with Gasteiger partial charge in [-0.25, -0.2) is 0 Å². The Kier molecular flexibility index (Phi) is 10.3. The van der Waals surface area contributed by atoms with Crippen molar-refractivity contribution in [3.63, 3.8) is 0 Å². The number of esters is 1. The lowest BCUT2D eigenvalue weighted by atomic mass is 9.79. The van der Waals surface area contributed by atoms with E-state index in [0.29, 0.717) is 5.92 Å². The zero-order chi connectivity index (χ0) is 21.0. The van der Waals surface area contributed by atoms with Crippen molar-refractivity contribution in [2.45, 2.75) is 122 Å². The van der Waals surface area contributed by atoms with Crippen molar-refractivity contribution in [3.05, 3.63) is 29.8 Å². The molecule has 0 aliphatic heterocycles.